The molecule has 30 heteroatoms. The number of esters is 1. The number of rotatable bonds is 12. The van der Waals surface area contributed by atoms with E-state index in [4.69, 9.17) is 51.1 Å². The van der Waals surface area contributed by atoms with Gasteiger partial charge < -0.3 is 117 Å². The molecule has 12 atom stereocenters. The second kappa shape index (κ2) is 32.4. The predicted molar refractivity (Wildman–Crippen MR) is 221 cm³/mol. The third kappa shape index (κ3) is 25.2. The number of ether oxygens (including phenoxy) is 1. The average Bonchev–Trinajstić information content (AvgIpc) is 3.19. The van der Waals surface area contributed by atoms with Gasteiger partial charge in [-0.3, -0.25) is 31.5 Å². The quantitative estimate of drug-likeness (QED) is 0.0373. The summed E-state index contributed by atoms with van der Waals surface area (Å²) in [4.78, 5) is 44.5. The molecule has 0 aromatic carbocycles. The topological polar surface area (TPSA) is 540 Å². The summed E-state index contributed by atoms with van der Waals surface area (Å²) >= 11 is 0. The molecule has 0 bridgehead atoms. The highest BCUT2D eigenvalue weighted by atomic mass is 35.5. The number of aliphatic hydroxyl groups is 14. The fourth-order valence-electron chi connectivity index (χ4n) is 7.21. The summed E-state index contributed by atoms with van der Waals surface area (Å²) in [6.07, 6.45) is -18.0. The molecule has 0 spiro atoms. The largest absolute Gasteiger partial charge is 1.00 e. The standard InChI is InChI=1S/C15H29N3O6.C9H17NO.C6H14N2O6.C6H10O6.2ClH.H4N2.H2O/c1-14(2)5-8(6-15(3,4)18-14)16-17-13(24)12(23)11(22)10(21)9(20)7-19;1-8(2)5-7(11)6-9(3,4)10-8;7-8-6(14)5(13)4(12)3(11)2(10)1-9;7-1-2-3(8)4(9)5(10)6(11)12-2;;;1-2;/h9-12,18-23H,5-7H2,1-4H3,(H,17,24);10H,5-6H2,1-4H3;2-5,9-13H,1,7H2,(H,8,14);2-5,7-10H,1H2;2*1H;1-2H2;1H2/t9-,10-,11+,12-;;2*2-,3-,4+,5-;;;;/m1.11..../s1. The lowest BCUT2D eigenvalue weighted by atomic mass is 9.81. The van der Waals surface area contributed by atoms with Crippen LogP contribution in [0.25, 0.3) is 0 Å². The number of carbonyl (C=O) groups is 4. The summed E-state index contributed by atoms with van der Waals surface area (Å²) in [5.74, 6) is 9.92. The number of ketones is 1. The van der Waals surface area contributed by atoms with Gasteiger partial charge in [-0.15, -0.1) is 0 Å². The van der Waals surface area contributed by atoms with Gasteiger partial charge in [0.1, 0.15) is 54.6 Å². The third-order valence-electron chi connectivity index (χ3n) is 9.44. The monoisotopic (exact) mass is 1010 g/mol. The van der Waals surface area contributed by atoms with E-state index < -0.39 is 111 Å². The Balaban J connectivity index is -0.000000256. The molecule has 3 saturated heterocycles. The molecule has 0 aliphatic carbocycles. The number of nitrogens with one attached hydrogen (secondary N) is 2. The Kier molecular flexibility index (Phi) is 35.6. The normalized spacial score (nSPS) is 25.7. The van der Waals surface area contributed by atoms with Crippen LogP contribution in [0.4, 0.5) is 0 Å². The molecular formula is C36H78Cl2N8O20. The summed E-state index contributed by atoms with van der Waals surface area (Å²) in [7, 11) is 0. The molecule has 3 heterocycles. The average molecular weight is 1010 g/mol. The number of Topliss-reactive ketones (excluding diaryl/α,β-unsaturated/α-hetero) is 1. The van der Waals surface area contributed by atoms with E-state index in [-0.39, 0.29) is 52.4 Å². The van der Waals surface area contributed by atoms with Gasteiger partial charge in [0.25, 0.3) is 11.8 Å². The van der Waals surface area contributed by atoms with Crippen LogP contribution in [-0.2, 0) is 23.9 Å². The van der Waals surface area contributed by atoms with E-state index in [1.807, 2.05) is 0 Å². The number of hydrogen-bond donors (Lipinski definition) is 21. The summed E-state index contributed by atoms with van der Waals surface area (Å²) in [5, 5.41) is 135. The number of hydrazone groups is 1. The van der Waals surface area contributed by atoms with E-state index in [0.29, 0.717) is 18.6 Å². The van der Waals surface area contributed by atoms with Crippen molar-refractivity contribution in [2.24, 2.45) is 22.6 Å². The van der Waals surface area contributed by atoms with E-state index in [1.165, 1.54) is 0 Å². The Hall–Kier alpha value is -2.47. The first-order valence-corrected chi connectivity index (χ1v) is 19.7. The molecule has 28 nitrogen and oxygen atoms in total. The van der Waals surface area contributed by atoms with E-state index >= 15 is 0 Å². The Labute approximate surface area is 394 Å². The highest BCUT2D eigenvalue weighted by Crippen LogP contribution is 2.20. The van der Waals surface area contributed by atoms with Gasteiger partial charge in [0.15, 0.2) is 24.4 Å². The van der Waals surface area contributed by atoms with Crippen molar-refractivity contribution < 1.29 is 136 Å². The molecule has 0 saturated carbocycles. The number of carbonyl (C=O) groups excluding carboxylic acids is 4. The minimum Gasteiger partial charge on any atom is -1.00 e. The number of piperidine rings is 2. The summed E-state index contributed by atoms with van der Waals surface area (Å²) in [6, 6.07) is 0. The number of quaternary nitrogens is 2. The maximum Gasteiger partial charge on any atom is 0.338 e. The van der Waals surface area contributed by atoms with E-state index in [0.717, 1.165) is 18.6 Å². The lowest BCUT2D eigenvalue weighted by Gasteiger charge is -2.39. The molecule has 3 fully saturated rings. The van der Waals surface area contributed by atoms with Crippen molar-refractivity contribution >= 4 is 29.3 Å². The predicted octanol–water partition coefficient (Wildman–Crippen LogP) is -18.3. The fraction of sp³-hybridized carbons (Fsp3) is 0.861. The van der Waals surface area contributed by atoms with Gasteiger partial charge in [-0.2, -0.15) is 5.10 Å². The third-order valence-corrected chi connectivity index (χ3v) is 9.44. The van der Waals surface area contributed by atoms with E-state index in [1.54, 1.807) is 5.43 Å². The lowest BCUT2D eigenvalue weighted by Crippen LogP contribution is -3.05. The molecule has 0 aromatic heterocycles. The molecular weight excluding hydrogens is 935 g/mol. The van der Waals surface area contributed by atoms with Crippen molar-refractivity contribution in [1.82, 2.24) is 10.9 Å². The van der Waals surface area contributed by atoms with E-state index in [9.17, 15) is 39.6 Å². The molecule has 0 unspecified atom stereocenters. The number of hydrazine groups is 2. The molecule has 0 radical (unpaired) electrons. The van der Waals surface area contributed by atoms with Crippen LogP contribution in [0.1, 0.15) is 81.1 Å². The van der Waals surface area contributed by atoms with Crippen LogP contribution in [-0.4, -0.2) is 221 Å². The van der Waals surface area contributed by atoms with Crippen LogP contribution in [0.3, 0.4) is 0 Å². The van der Waals surface area contributed by atoms with E-state index in [2.05, 4.69) is 98.8 Å². The van der Waals surface area contributed by atoms with Gasteiger partial charge in [0.2, 0.25) is 0 Å². The zero-order valence-electron chi connectivity index (χ0n) is 38.3. The Bertz CT molecular complexity index is 1420. The highest BCUT2D eigenvalue weighted by molar-refractivity contribution is 5.89. The number of nitrogens with zero attached hydrogens (tertiary/aromatic N) is 1. The molecule has 0 aromatic rings. The van der Waals surface area contributed by atoms with Gasteiger partial charge >= 0.3 is 5.97 Å². The van der Waals surface area contributed by atoms with Crippen LogP contribution in [0.2, 0.25) is 0 Å². The SMILES string of the molecule is CC1(C)CC(=NNC(=O)[C@H](O)[C@@H](O)[C@H](O)[C@H](O)CO)CC(C)(C)[NH2+]1.CC1(C)CC(=O)CC(C)(C)[NH2+]1.NN.NNC(=O)[C@H](O)[C@@H](O)[C@H](O)[C@H](O)CO.O.O=C1O[C@H](CO)[C@@H](O)[C@H](O)[C@H]1O.[Cl-].[Cl-]. The van der Waals surface area contributed by atoms with Crippen molar-refractivity contribution in [3.8, 4) is 0 Å². The van der Waals surface area contributed by atoms with Crippen LogP contribution in [0.15, 0.2) is 5.10 Å². The summed E-state index contributed by atoms with van der Waals surface area (Å²) in [6.45, 7) is 14.6. The van der Waals surface area contributed by atoms with Gasteiger partial charge in [-0.05, 0) is 55.4 Å². The second-order valence-electron chi connectivity index (χ2n) is 18.1. The van der Waals surface area contributed by atoms with Gasteiger partial charge in [0, 0.05) is 12.8 Å². The Morgan fingerprint density at radius 1 is 0.667 bits per heavy atom. The van der Waals surface area contributed by atoms with Crippen LogP contribution in [0.5, 0.6) is 0 Å². The van der Waals surface area contributed by atoms with Crippen molar-refractivity contribution in [3.05, 3.63) is 0 Å². The number of halogens is 2. The van der Waals surface area contributed by atoms with Crippen LogP contribution >= 0.6 is 0 Å². The first-order chi connectivity index (χ1) is 28.7. The molecule has 3 rings (SSSR count). The number of aliphatic hydroxyl groups excluding tert-OH is 14. The van der Waals surface area contributed by atoms with Crippen LogP contribution < -0.4 is 63.8 Å². The molecule has 28 N–H and O–H groups in total. The minimum absolute atomic E-state index is 0. The van der Waals surface area contributed by atoms with Gasteiger partial charge in [-0.25, -0.2) is 16.1 Å². The minimum atomic E-state index is -1.98. The summed E-state index contributed by atoms with van der Waals surface area (Å²) in [5.41, 5.74) is 4.57. The van der Waals surface area contributed by atoms with Gasteiger partial charge in [0.05, 0.1) is 60.5 Å². The zero-order valence-corrected chi connectivity index (χ0v) is 39.8. The molecule has 3 aliphatic rings. The van der Waals surface area contributed by atoms with Gasteiger partial charge in [-0.1, -0.05) is 0 Å². The molecule has 2 amide bonds. The smallest absolute Gasteiger partial charge is 0.338 e. The molecule has 3 aliphatic heterocycles. The van der Waals surface area contributed by atoms with Crippen molar-refractivity contribution in [1.29, 1.82) is 0 Å². The van der Waals surface area contributed by atoms with Crippen molar-refractivity contribution in [3.63, 3.8) is 0 Å². The van der Waals surface area contributed by atoms with Crippen LogP contribution in [0, 0.1) is 0 Å². The van der Waals surface area contributed by atoms with Crippen molar-refractivity contribution in [2.45, 2.75) is 176 Å². The number of amides is 2. The molecule has 66 heavy (non-hydrogen) atoms. The number of nitrogens with two attached hydrogens (primary N) is 5. The number of cyclic esters (lactones) is 1. The maximum atomic E-state index is 11.9. The Morgan fingerprint density at radius 2 is 1.02 bits per heavy atom. The zero-order chi connectivity index (χ0) is 50.0. The highest BCUT2D eigenvalue weighted by Gasteiger charge is 2.44. The summed E-state index contributed by atoms with van der Waals surface area (Å²) < 4.78 is 4.38. The number of hydrogen-bond acceptors (Lipinski definition) is 23. The molecule has 396 valence electrons. The first kappa shape index (κ1) is 72.5. The maximum absolute atomic E-state index is 11.9. The fourth-order valence-corrected chi connectivity index (χ4v) is 7.21. The van der Waals surface area contributed by atoms with Crippen molar-refractivity contribution in [2.75, 3.05) is 19.8 Å². The Morgan fingerprint density at radius 3 is 1.33 bits per heavy atom. The first-order valence-electron chi connectivity index (χ1n) is 19.7. The second-order valence-corrected chi connectivity index (χ2v) is 18.1. The lowest BCUT2D eigenvalue weighted by molar-refractivity contribution is -0.781.